The molecule has 3 aromatic rings. The third-order valence-corrected chi connectivity index (χ3v) is 6.01. The van der Waals surface area contributed by atoms with Gasteiger partial charge in [0.2, 0.25) is 0 Å². The maximum absolute atomic E-state index is 13.2. The van der Waals surface area contributed by atoms with Crippen LogP contribution in [0.25, 0.3) is 22.2 Å². The van der Waals surface area contributed by atoms with Crippen LogP contribution in [-0.4, -0.2) is 43.2 Å². The van der Waals surface area contributed by atoms with Crippen molar-refractivity contribution in [1.29, 1.82) is 0 Å². The van der Waals surface area contributed by atoms with Crippen LogP contribution in [0.2, 0.25) is 0 Å². The summed E-state index contributed by atoms with van der Waals surface area (Å²) in [5.41, 5.74) is 3.27. The zero-order chi connectivity index (χ0) is 20.9. The van der Waals surface area contributed by atoms with Crippen molar-refractivity contribution in [1.82, 2.24) is 10.3 Å². The normalized spacial score (nSPS) is 18.5. The lowest BCUT2D eigenvalue weighted by Gasteiger charge is -2.20. The summed E-state index contributed by atoms with van der Waals surface area (Å²) in [6, 6.07) is 18.1. The van der Waals surface area contributed by atoms with Crippen LogP contribution in [0.3, 0.4) is 0 Å². The minimum atomic E-state index is -0.0249. The molecule has 2 N–H and O–H groups in total. The van der Waals surface area contributed by atoms with Crippen LogP contribution in [-0.2, 0) is 0 Å². The standard InChI is InChI=1S/C25H29N3O2/c1-3-28-15-7-8-19(28)17-26-25(29)22-16-24(27-23-10-6-5-9-21(22)23)18-11-13-20(14-12-18)30-4-2/h5-6,9-14,16,19H,3-4,7-8,15,17H2,1-2H3,(H,26,29)/p+1. The highest BCUT2D eigenvalue weighted by molar-refractivity contribution is 6.07. The van der Waals surface area contributed by atoms with Crippen LogP contribution in [0.15, 0.2) is 54.6 Å². The van der Waals surface area contributed by atoms with E-state index in [4.69, 9.17) is 9.72 Å². The van der Waals surface area contributed by atoms with E-state index in [1.165, 1.54) is 19.4 Å². The Morgan fingerprint density at radius 3 is 2.73 bits per heavy atom. The number of rotatable bonds is 7. The van der Waals surface area contributed by atoms with Gasteiger partial charge in [-0.2, -0.15) is 0 Å². The fourth-order valence-electron chi connectivity index (χ4n) is 4.41. The summed E-state index contributed by atoms with van der Waals surface area (Å²) < 4.78 is 5.54. The maximum atomic E-state index is 13.2. The van der Waals surface area contributed by atoms with E-state index in [2.05, 4.69) is 12.2 Å². The molecule has 1 fully saturated rings. The Labute approximate surface area is 178 Å². The van der Waals surface area contributed by atoms with Gasteiger partial charge in [0.1, 0.15) is 11.8 Å². The van der Waals surface area contributed by atoms with Gasteiger partial charge in [0, 0.05) is 23.8 Å². The molecule has 30 heavy (non-hydrogen) atoms. The van der Waals surface area contributed by atoms with Crippen LogP contribution in [0.1, 0.15) is 37.0 Å². The molecule has 4 rings (SSSR count). The number of amides is 1. The molecule has 0 radical (unpaired) electrons. The molecule has 2 aromatic carbocycles. The summed E-state index contributed by atoms with van der Waals surface area (Å²) in [6.45, 7) is 7.86. The van der Waals surface area contributed by atoms with Crippen molar-refractivity contribution < 1.29 is 14.4 Å². The van der Waals surface area contributed by atoms with Gasteiger partial charge in [-0.25, -0.2) is 4.98 Å². The fraction of sp³-hybridized carbons (Fsp3) is 0.360. The summed E-state index contributed by atoms with van der Waals surface area (Å²) in [5, 5.41) is 4.08. The van der Waals surface area contributed by atoms with Crippen LogP contribution >= 0.6 is 0 Å². The molecule has 2 atom stereocenters. The minimum Gasteiger partial charge on any atom is -0.494 e. The van der Waals surface area contributed by atoms with Gasteiger partial charge in [0.05, 0.1) is 43.0 Å². The van der Waals surface area contributed by atoms with Crippen molar-refractivity contribution >= 4 is 16.8 Å². The molecule has 0 aliphatic carbocycles. The number of hydrogen-bond donors (Lipinski definition) is 2. The third-order valence-electron chi connectivity index (χ3n) is 6.01. The Morgan fingerprint density at radius 1 is 1.17 bits per heavy atom. The molecule has 0 spiro atoms. The highest BCUT2D eigenvalue weighted by Crippen LogP contribution is 2.26. The van der Waals surface area contributed by atoms with Gasteiger partial charge in [-0.15, -0.1) is 0 Å². The highest BCUT2D eigenvalue weighted by Gasteiger charge is 2.27. The van der Waals surface area contributed by atoms with E-state index in [9.17, 15) is 4.79 Å². The number of likely N-dealkylation sites (tertiary alicyclic amines) is 1. The second kappa shape index (κ2) is 9.26. The van der Waals surface area contributed by atoms with Crippen molar-refractivity contribution in [2.24, 2.45) is 0 Å². The quantitative estimate of drug-likeness (QED) is 0.636. The van der Waals surface area contributed by atoms with Crippen LogP contribution in [0.4, 0.5) is 0 Å². The van der Waals surface area contributed by atoms with E-state index in [1.807, 2.05) is 61.5 Å². The summed E-state index contributed by atoms with van der Waals surface area (Å²) in [5.74, 6) is 0.808. The van der Waals surface area contributed by atoms with Crippen LogP contribution < -0.4 is 15.0 Å². The first-order valence-electron chi connectivity index (χ1n) is 11.0. The van der Waals surface area contributed by atoms with Crippen LogP contribution in [0, 0.1) is 0 Å². The number of nitrogens with one attached hydrogen (secondary N) is 2. The van der Waals surface area contributed by atoms with Gasteiger partial charge >= 0.3 is 0 Å². The lowest BCUT2D eigenvalue weighted by molar-refractivity contribution is -0.909. The number of para-hydroxylation sites is 1. The molecular formula is C25H30N3O2+. The second-order valence-corrected chi connectivity index (χ2v) is 7.84. The number of quaternary nitrogens is 1. The van der Waals surface area contributed by atoms with Gasteiger partial charge in [-0.1, -0.05) is 18.2 Å². The molecule has 1 aliphatic heterocycles. The number of fused-ring (bicyclic) bond motifs is 1. The number of ether oxygens (including phenoxy) is 1. The first kappa shape index (κ1) is 20.4. The predicted molar refractivity (Wildman–Crippen MR) is 120 cm³/mol. The lowest BCUT2D eigenvalue weighted by atomic mass is 10.0. The summed E-state index contributed by atoms with van der Waals surface area (Å²) in [4.78, 5) is 19.6. The van der Waals surface area contributed by atoms with Crippen molar-refractivity contribution in [3.8, 4) is 17.0 Å². The summed E-state index contributed by atoms with van der Waals surface area (Å²) >= 11 is 0. The number of hydrogen-bond acceptors (Lipinski definition) is 3. The molecule has 5 heteroatoms. The number of pyridine rings is 1. The van der Waals surface area contributed by atoms with Crippen molar-refractivity contribution in [2.45, 2.75) is 32.7 Å². The number of likely N-dealkylation sites (N-methyl/N-ethyl adjacent to an activating group) is 1. The molecule has 1 aromatic heterocycles. The largest absolute Gasteiger partial charge is 0.494 e. The lowest BCUT2D eigenvalue weighted by Crippen LogP contribution is -3.14. The Bertz CT molecular complexity index is 1020. The van der Waals surface area contributed by atoms with E-state index in [1.54, 1.807) is 4.90 Å². The van der Waals surface area contributed by atoms with E-state index >= 15 is 0 Å². The Hall–Kier alpha value is -2.92. The summed E-state index contributed by atoms with van der Waals surface area (Å²) in [6.07, 6.45) is 2.42. The Morgan fingerprint density at radius 2 is 1.97 bits per heavy atom. The molecule has 1 saturated heterocycles. The summed E-state index contributed by atoms with van der Waals surface area (Å²) in [7, 11) is 0. The third kappa shape index (κ3) is 4.31. The van der Waals surface area contributed by atoms with E-state index < -0.39 is 0 Å². The molecule has 0 bridgehead atoms. The first-order valence-corrected chi connectivity index (χ1v) is 11.0. The van der Waals surface area contributed by atoms with Crippen molar-refractivity contribution in [2.75, 3.05) is 26.2 Å². The Kier molecular flexibility index (Phi) is 6.29. The average molecular weight is 405 g/mol. The number of carbonyl (C=O) groups excluding carboxylic acids is 1. The maximum Gasteiger partial charge on any atom is 0.252 e. The predicted octanol–water partition coefficient (Wildman–Crippen LogP) is 3.10. The topological polar surface area (TPSA) is 55.7 Å². The van der Waals surface area contributed by atoms with Gasteiger partial charge < -0.3 is 15.0 Å². The number of benzene rings is 2. The van der Waals surface area contributed by atoms with Crippen LogP contribution in [0.5, 0.6) is 5.75 Å². The smallest absolute Gasteiger partial charge is 0.252 e. The Balaban J connectivity index is 1.62. The molecular weight excluding hydrogens is 374 g/mol. The van der Waals surface area contributed by atoms with Gasteiger partial charge in [0.15, 0.2) is 0 Å². The zero-order valence-electron chi connectivity index (χ0n) is 17.8. The molecule has 0 saturated carbocycles. The molecule has 156 valence electrons. The number of carbonyl (C=O) groups is 1. The SMILES string of the molecule is CCOc1ccc(-c2cc(C(=O)NCC3CCC[NH+]3CC)c3ccccc3n2)cc1. The minimum absolute atomic E-state index is 0.0249. The first-order chi connectivity index (χ1) is 14.7. The van der Waals surface area contributed by atoms with Gasteiger partial charge in [-0.05, 0) is 50.2 Å². The number of aromatic nitrogens is 1. The van der Waals surface area contributed by atoms with Crippen molar-refractivity contribution in [3.63, 3.8) is 0 Å². The number of nitrogens with zero attached hydrogens (tertiary/aromatic N) is 1. The second-order valence-electron chi connectivity index (χ2n) is 7.84. The van der Waals surface area contributed by atoms with E-state index in [0.717, 1.165) is 41.0 Å². The average Bonchev–Trinajstić information content (AvgIpc) is 3.25. The zero-order valence-corrected chi connectivity index (χ0v) is 17.8. The highest BCUT2D eigenvalue weighted by atomic mass is 16.5. The van der Waals surface area contributed by atoms with E-state index in [0.29, 0.717) is 18.2 Å². The molecule has 1 amide bonds. The van der Waals surface area contributed by atoms with E-state index in [-0.39, 0.29) is 5.91 Å². The van der Waals surface area contributed by atoms with Crippen molar-refractivity contribution in [3.05, 3.63) is 60.2 Å². The monoisotopic (exact) mass is 404 g/mol. The molecule has 2 unspecified atom stereocenters. The molecule has 5 nitrogen and oxygen atoms in total. The van der Waals surface area contributed by atoms with Gasteiger partial charge in [-0.3, -0.25) is 4.79 Å². The molecule has 1 aliphatic rings. The van der Waals surface area contributed by atoms with Gasteiger partial charge in [0.25, 0.3) is 5.91 Å². The fourth-order valence-corrected chi connectivity index (χ4v) is 4.41. The molecule has 2 heterocycles.